The second kappa shape index (κ2) is 4.18. The van der Waals surface area contributed by atoms with Crippen molar-refractivity contribution in [3.05, 3.63) is 30.0 Å². The van der Waals surface area contributed by atoms with Gasteiger partial charge in [-0.15, -0.1) is 0 Å². The van der Waals surface area contributed by atoms with E-state index in [1.54, 1.807) is 13.3 Å². The first-order chi connectivity index (χ1) is 8.79. The number of carbonyl (C=O) groups is 1. The second-order valence-electron chi connectivity index (χ2n) is 4.11. The summed E-state index contributed by atoms with van der Waals surface area (Å²) in [5.74, 6) is 0.663. The van der Waals surface area contributed by atoms with Crippen molar-refractivity contribution in [2.75, 3.05) is 25.5 Å². The van der Waals surface area contributed by atoms with Crippen molar-refractivity contribution >= 4 is 22.5 Å². The van der Waals surface area contributed by atoms with Crippen LogP contribution in [0, 0.1) is 0 Å². The lowest BCUT2D eigenvalue weighted by molar-refractivity contribution is 0.0958. The smallest absolute Gasteiger partial charge is 0.255 e. The molecule has 5 heteroatoms. The standard InChI is InChI=1S/C13H13N3O2/c1-18-8-2-3-11-9(6-8)12-10(7-16-11)13(17)15-5-4-14-12/h2-3,6-7,14H,4-5H2,1H3,(H,15,17). The summed E-state index contributed by atoms with van der Waals surface area (Å²) in [6.07, 6.45) is 1.61. The molecule has 1 aromatic heterocycles. The maximum absolute atomic E-state index is 11.9. The van der Waals surface area contributed by atoms with Crippen LogP contribution >= 0.6 is 0 Å². The Hall–Kier alpha value is -2.30. The SMILES string of the molecule is COc1ccc2ncc3c(c2c1)NCCNC3=O. The number of amides is 1. The van der Waals surface area contributed by atoms with E-state index in [1.165, 1.54) is 0 Å². The van der Waals surface area contributed by atoms with E-state index in [0.29, 0.717) is 18.7 Å². The van der Waals surface area contributed by atoms with Crippen LogP contribution in [0.1, 0.15) is 10.4 Å². The van der Waals surface area contributed by atoms with Crippen LogP contribution in [-0.4, -0.2) is 31.1 Å². The number of rotatable bonds is 1. The van der Waals surface area contributed by atoms with Crippen molar-refractivity contribution < 1.29 is 9.53 Å². The van der Waals surface area contributed by atoms with E-state index < -0.39 is 0 Å². The molecule has 2 heterocycles. The third kappa shape index (κ3) is 1.64. The van der Waals surface area contributed by atoms with Crippen LogP contribution < -0.4 is 15.4 Å². The highest BCUT2D eigenvalue weighted by molar-refractivity contribution is 6.07. The molecular weight excluding hydrogens is 230 g/mol. The zero-order chi connectivity index (χ0) is 12.5. The number of carbonyl (C=O) groups excluding carboxylic acids is 1. The fraction of sp³-hybridized carbons (Fsp3) is 0.231. The maximum Gasteiger partial charge on any atom is 0.255 e. The predicted molar refractivity (Wildman–Crippen MR) is 69.1 cm³/mol. The van der Waals surface area contributed by atoms with Gasteiger partial charge in [0.15, 0.2) is 0 Å². The Morgan fingerprint density at radius 3 is 2.94 bits per heavy atom. The van der Waals surface area contributed by atoms with Gasteiger partial charge >= 0.3 is 0 Å². The summed E-state index contributed by atoms with van der Waals surface area (Å²) in [6, 6.07) is 5.64. The molecule has 18 heavy (non-hydrogen) atoms. The number of benzene rings is 1. The van der Waals surface area contributed by atoms with Gasteiger partial charge in [-0.25, -0.2) is 0 Å². The van der Waals surface area contributed by atoms with Crippen LogP contribution in [0.5, 0.6) is 5.75 Å². The summed E-state index contributed by atoms with van der Waals surface area (Å²) >= 11 is 0. The van der Waals surface area contributed by atoms with E-state index in [1.807, 2.05) is 18.2 Å². The molecule has 1 aliphatic heterocycles. The molecule has 1 aromatic carbocycles. The number of anilines is 1. The third-order valence-electron chi connectivity index (χ3n) is 3.03. The Labute approximate surface area is 104 Å². The summed E-state index contributed by atoms with van der Waals surface area (Å²) in [5.41, 5.74) is 2.25. The van der Waals surface area contributed by atoms with Crippen molar-refractivity contribution in [3.63, 3.8) is 0 Å². The summed E-state index contributed by atoms with van der Waals surface area (Å²) in [4.78, 5) is 16.2. The first kappa shape index (κ1) is 10.8. The monoisotopic (exact) mass is 243 g/mol. The Bertz CT molecular complexity index is 625. The van der Waals surface area contributed by atoms with Gasteiger partial charge in [-0.3, -0.25) is 9.78 Å². The Morgan fingerprint density at radius 1 is 1.28 bits per heavy atom. The first-order valence-electron chi connectivity index (χ1n) is 5.78. The average Bonchev–Trinajstić information content (AvgIpc) is 2.60. The van der Waals surface area contributed by atoms with Crippen molar-refractivity contribution in [2.24, 2.45) is 0 Å². The summed E-state index contributed by atoms with van der Waals surface area (Å²) in [5, 5.41) is 7.00. The molecule has 0 saturated heterocycles. The van der Waals surface area contributed by atoms with Gasteiger partial charge in [0.25, 0.3) is 5.91 Å². The summed E-state index contributed by atoms with van der Waals surface area (Å²) in [6.45, 7) is 1.31. The van der Waals surface area contributed by atoms with Crippen molar-refractivity contribution in [1.82, 2.24) is 10.3 Å². The number of ether oxygens (including phenoxy) is 1. The zero-order valence-corrected chi connectivity index (χ0v) is 9.99. The second-order valence-corrected chi connectivity index (χ2v) is 4.11. The Kier molecular flexibility index (Phi) is 2.51. The lowest BCUT2D eigenvalue weighted by atomic mass is 10.1. The first-order valence-corrected chi connectivity index (χ1v) is 5.78. The number of hydrogen-bond acceptors (Lipinski definition) is 4. The lowest BCUT2D eigenvalue weighted by Gasteiger charge is -2.10. The highest BCUT2D eigenvalue weighted by Gasteiger charge is 2.18. The zero-order valence-electron chi connectivity index (χ0n) is 9.99. The normalized spacial score (nSPS) is 14.4. The number of nitrogens with one attached hydrogen (secondary N) is 2. The fourth-order valence-electron chi connectivity index (χ4n) is 2.12. The predicted octanol–water partition coefficient (Wildman–Crippen LogP) is 1.40. The minimum absolute atomic E-state index is 0.0905. The Balaban J connectivity index is 2.28. The van der Waals surface area contributed by atoms with Crippen LogP contribution in [0.2, 0.25) is 0 Å². The minimum atomic E-state index is -0.0905. The number of hydrogen-bond donors (Lipinski definition) is 2. The molecule has 1 aliphatic rings. The molecule has 0 aliphatic carbocycles. The van der Waals surface area contributed by atoms with Gasteiger partial charge in [0.2, 0.25) is 0 Å². The molecule has 5 nitrogen and oxygen atoms in total. The molecule has 3 rings (SSSR count). The van der Waals surface area contributed by atoms with Crippen LogP contribution in [0.3, 0.4) is 0 Å². The average molecular weight is 243 g/mol. The molecule has 0 atom stereocenters. The van der Waals surface area contributed by atoms with Crippen molar-refractivity contribution in [3.8, 4) is 5.75 Å². The lowest BCUT2D eigenvalue weighted by Crippen LogP contribution is -2.24. The van der Waals surface area contributed by atoms with E-state index >= 15 is 0 Å². The van der Waals surface area contributed by atoms with Crippen LogP contribution in [0.25, 0.3) is 10.9 Å². The molecule has 2 aromatic rings. The van der Waals surface area contributed by atoms with Gasteiger partial charge in [0.1, 0.15) is 5.75 Å². The van der Waals surface area contributed by atoms with Gasteiger partial charge in [0.05, 0.1) is 23.9 Å². The minimum Gasteiger partial charge on any atom is -0.497 e. The van der Waals surface area contributed by atoms with Crippen LogP contribution in [0.4, 0.5) is 5.69 Å². The molecule has 1 amide bonds. The number of aromatic nitrogens is 1. The van der Waals surface area contributed by atoms with Gasteiger partial charge in [0, 0.05) is 24.7 Å². The topological polar surface area (TPSA) is 63.2 Å². The summed E-state index contributed by atoms with van der Waals surface area (Å²) in [7, 11) is 1.62. The molecule has 0 unspecified atom stereocenters. The van der Waals surface area contributed by atoms with Gasteiger partial charge in [-0.2, -0.15) is 0 Å². The Morgan fingerprint density at radius 2 is 2.11 bits per heavy atom. The largest absolute Gasteiger partial charge is 0.497 e. The highest BCUT2D eigenvalue weighted by atomic mass is 16.5. The van der Waals surface area contributed by atoms with Gasteiger partial charge in [-0.1, -0.05) is 0 Å². The summed E-state index contributed by atoms with van der Waals surface area (Å²) < 4.78 is 5.22. The molecule has 0 fully saturated rings. The molecular formula is C13H13N3O2. The maximum atomic E-state index is 11.9. The number of methoxy groups -OCH3 is 1. The molecule has 0 saturated carbocycles. The number of fused-ring (bicyclic) bond motifs is 3. The van der Waals surface area contributed by atoms with Gasteiger partial charge in [-0.05, 0) is 18.2 Å². The molecule has 0 bridgehead atoms. The highest BCUT2D eigenvalue weighted by Crippen LogP contribution is 2.29. The molecule has 0 radical (unpaired) electrons. The van der Waals surface area contributed by atoms with E-state index in [9.17, 15) is 4.79 Å². The van der Waals surface area contributed by atoms with Crippen LogP contribution in [0.15, 0.2) is 24.4 Å². The van der Waals surface area contributed by atoms with Crippen molar-refractivity contribution in [2.45, 2.75) is 0 Å². The van der Waals surface area contributed by atoms with E-state index in [-0.39, 0.29) is 5.91 Å². The quantitative estimate of drug-likeness (QED) is 0.794. The molecule has 0 spiro atoms. The van der Waals surface area contributed by atoms with Gasteiger partial charge < -0.3 is 15.4 Å². The number of nitrogens with zero attached hydrogens (tertiary/aromatic N) is 1. The third-order valence-corrected chi connectivity index (χ3v) is 3.03. The number of pyridine rings is 1. The van der Waals surface area contributed by atoms with E-state index in [2.05, 4.69) is 15.6 Å². The van der Waals surface area contributed by atoms with Crippen molar-refractivity contribution in [1.29, 1.82) is 0 Å². The van der Waals surface area contributed by atoms with Crippen LogP contribution in [-0.2, 0) is 0 Å². The van der Waals surface area contributed by atoms with E-state index in [0.717, 1.165) is 22.3 Å². The van der Waals surface area contributed by atoms with E-state index in [4.69, 9.17) is 4.74 Å². The fourth-order valence-corrected chi connectivity index (χ4v) is 2.12. The molecule has 2 N–H and O–H groups in total. The molecule has 92 valence electrons.